The average Bonchev–Trinajstić information content (AvgIpc) is 2.73. The zero-order chi connectivity index (χ0) is 18.6. The predicted molar refractivity (Wildman–Crippen MR) is 108 cm³/mol. The van der Waals surface area contributed by atoms with E-state index < -0.39 is 0 Å². The SMILES string of the molecule is COc1cc(C=O)ccc1OCCN1c2ccccc2Sc2ccccc21. The van der Waals surface area contributed by atoms with Crippen molar-refractivity contribution in [3.8, 4) is 11.5 Å². The standard InChI is InChI=1S/C22H19NO3S/c1-25-20-14-16(15-24)10-11-19(20)26-13-12-23-17-6-2-4-8-21(17)27-22-9-5-3-7-18(22)23/h2-11,14-15H,12-13H2,1H3. The van der Waals surface area contributed by atoms with Gasteiger partial charge in [-0.25, -0.2) is 0 Å². The highest BCUT2D eigenvalue weighted by atomic mass is 32.2. The lowest BCUT2D eigenvalue weighted by molar-refractivity contribution is 0.112. The van der Waals surface area contributed by atoms with Crippen molar-refractivity contribution in [1.29, 1.82) is 0 Å². The van der Waals surface area contributed by atoms with Crippen LogP contribution < -0.4 is 14.4 Å². The van der Waals surface area contributed by atoms with E-state index in [-0.39, 0.29) is 0 Å². The van der Waals surface area contributed by atoms with Crippen LogP contribution in [0.25, 0.3) is 0 Å². The van der Waals surface area contributed by atoms with Gasteiger partial charge in [-0.05, 0) is 42.5 Å². The summed E-state index contributed by atoms with van der Waals surface area (Å²) in [5, 5.41) is 0. The quantitative estimate of drug-likeness (QED) is 0.553. The summed E-state index contributed by atoms with van der Waals surface area (Å²) in [6, 6.07) is 22.0. The third-order valence-corrected chi connectivity index (χ3v) is 5.56. The van der Waals surface area contributed by atoms with Gasteiger partial charge in [-0.3, -0.25) is 4.79 Å². The lowest BCUT2D eigenvalue weighted by Crippen LogP contribution is -2.26. The lowest BCUT2D eigenvalue weighted by Gasteiger charge is -2.32. The van der Waals surface area contributed by atoms with Crippen LogP contribution in [0, 0.1) is 0 Å². The molecule has 0 radical (unpaired) electrons. The van der Waals surface area contributed by atoms with Gasteiger partial charge >= 0.3 is 0 Å². The first-order valence-corrected chi connectivity index (χ1v) is 9.51. The van der Waals surface area contributed by atoms with Crippen LogP contribution in [0.2, 0.25) is 0 Å². The Bertz CT molecular complexity index is 928. The van der Waals surface area contributed by atoms with Gasteiger partial charge in [-0.15, -0.1) is 0 Å². The van der Waals surface area contributed by atoms with E-state index in [9.17, 15) is 4.79 Å². The fourth-order valence-electron chi connectivity index (χ4n) is 3.15. The fraction of sp³-hybridized carbons (Fsp3) is 0.136. The molecule has 136 valence electrons. The van der Waals surface area contributed by atoms with Crippen LogP contribution >= 0.6 is 11.8 Å². The third-order valence-electron chi connectivity index (χ3n) is 4.43. The molecule has 5 heteroatoms. The van der Waals surface area contributed by atoms with Gasteiger partial charge in [0.15, 0.2) is 11.5 Å². The van der Waals surface area contributed by atoms with Crippen LogP contribution in [0.4, 0.5) is 11.4 Å². The number of anilines is 2. The predicted octanol–water partition coefficient (Wildman–Crippen LogP) is 5.19. The van der Waals surface area contributed by atoms with Crippen LogP contribution in [-0.2, 0) is 0 Å². The minimum absolute atomic E-state index is 0.490. The number of benzene rings is 3. The van der Waals surface area contributed by atoms with E-state index in [2.05, 4.69) is 53.4 Å². The van der Waals surface area contributed by atoms with Crippen molar-refractivity contribution in [3.05, 3.63) is 72.3 Å². The molecule has 3 aromatic carbocycles. The molecular weight excluding hydrogens is 358 g/mol. The van der Waals surface area contributed by atoms with Gasteiger partial charge in [0.2, 0.25) is 0 Å². The van der Waals surface area contributed by atoms with E-state index >= 15 is 0 Å². The van der Waals surface area contributed by atoms with Gasteiger partial charge in [-0.2, -0.15) is 0 Å². The highest BCUT2D eigenvalue weighted by molar-refractivity contribution is 7.99. The van der Waals surface area contributed by atoms with Gasteiger partial charge in [0.05, 0.1) is 25.0 Å². The van der Waals surface area contributed by atoms with Gasteiger partial charge in [0.1, 0.15) is 12.9 Å². The number of carbonyl (C=O) groups excluding carboxylic acids is 1. The Balaban J connectivity index is 1.55. The highest BCUT2D eigenvalue weighted by Crippen LogP contribution is 2.47. The van der Waals surface area contributed by atoms with Crippen molar-refractivity contribution in [2.45, 2.75) is 9.79 Å². The molecule has 27 heavy (non-hydrogen) atoms. The number of rotatable bonds is 6. The maximum absolute atomic E-state index is 10.9. The Morgan fingerprint density at radius 2 is 1.59 bits per heavy atom. The zero-order valence-electron chi connectivity index (χ0n) is 14.9. The Hall–Kier alpha value is -2.92. The Morgan fingerprint density at radius 1 is 0.926 bits per heavy atom. The molecule has 0 saturated carbocycles. The second-order valence-corrected chi connectivity index (χ2v) is 7.15. The zero-order valence-corrected chi connectivity index (χ0v) is 15.7. The second-order valence-electron chi connectivity index (χ2n) is 6.07. The van der Waals surface area contributed by atoms with E-state index in [0.29, 0.717) is 30.2 Å². The molecule has 0 saturated heterocycles. The Morgan fingerprint density at radius 3 is 2.22 bits per heavy atom. The molecule has 3 aromatic rings. The van der Waals surface area contributed by atoms with Crippen molar-refractivity contribution in [2.75, 3.05) is 25.2 Å². The van der Waals surface area contributed by atoms with Gasteiger partial charge in [0.25, 0.3) is 0 Å². The number of hydrogen-bond acceptors (Lipinski definition) is 5. The first-order chi connectivity index (χ1) is 13.3. The molecule has 0 N–H and O–H groups in total. The minimum atomic E-state index is 0.490. The van der Waals surface area contributed by atoms with Crippen LogP contribution in [0.3, 0.4) is 0 Å². The molecule has 0 amide bonds. The van der Waals surface area contributed by atoms with E-state index in [1.807, 2.05) is 0 Å². The van der Waals surface area contributed by atoms with E-state index in [1.165, 1.54) is 21.2 Å². The highest BCUT2D eigenvalue weighted by Gasteiger charge is 2.22. The fourth-order valence-corrected chi connectivity index (χ4v) is 4.24. The molecule has 1 aliphatic heterocycles. The number of methoxy groups -OCH3 is 1. The maximum Gasteiger partial charge on any atom is 0.161 e. The summed E-state index contributed by atoms with van der Waals surface area (Å²) in [6.07, 6.45) is 0.797. The molecule has 0 unspecified atom stereocenters. The molecule has 4 rings (SSSR count). The van der Waals surface area contributed by atoms with Crippen LogP contribution in [0.5, 0.6) is 11.5 Å². The number of nitrogens with zero attached hydrogens (tertiary/aromatic N) is 1. The Labute approximate surface area is 162 Å². The molecule has 0 fully saturated rings. The number of para-hydroxylation sites is 2. The van der Waals surface area contributed by atoms with Crippen molar-refractivity contribution >= 4 is 29.4 Å². The summed E-state index contributed by atoms with van der Waals surface area (Å²) in [5.74, 6) is 1.20. The molecule has 0 bridgehead atoms. The molecular formula is C22H19NO3S. The summed E-state index contributed by atoms with van der Waals surface area (Å²) < 4.78 is 11.3. The number of fused-ring (bicyclic) bond motifs is 2. The van der Waals surface area contributed by atoms with Gasteiger partial charge < -0.3 is 14.4 Å². The molecule has 1 heterocycles. The van der Waals surface area contributed by atoms with E-state index in [1.54, 1.807) is 37.1 Å². The monoisotopic (exact) mass is 377 g/mol. The van der Waals surface area contributed by atoms with Crippen LogP contribution in [0.1, 0.15) is 10.4 Å². The lowest BCUT2D eigenvalue weighted by atomic mass is 10.2. The molecule has 0 aromatic heterocycles. The van der Waals surface area contributed by atoms with E-state index in [0.717, 1.165) is 6.29 Å². The normalized spacial score (nSPS) is 12.1. The van der Waals surface area contributed by atoms with E-state index in [4.69, 9.17) is 9.47 Å². The van der Waals surface area contributed by atoms with Gasteiger partial charge in [0, 0.05) is 15.4 Å². The number of carbonyl (C=O) groups is 1. The number of aldehydes is 1. The van der Waals surface area contributed by atoms with Crippen molar-refractivity contribution < 1.29 is 14.3 Å². The molecule has 0 spiro atoms. The van der Waals surface area contributed by atoms with Gasteiger partial charge in [-0.1, -0.05) is 36.0 Å². The average molecular weight is 377 g/mol. The smallest absolute Gasteiger partial charge is 0.161 e. The third kappa shape index (κ3) is 3.51. The minimum Gasteiger partial charge on any atom is -0.493 e. The summed E-state index contributed by atoms with van der Waals surface area (Å²) in [4.78, 5) is 15.7. The summed E-state index contributed by atoms with van der Waals surface area (Å²) in [6.45, 7) is 1.19. The van der Waals surface area contributed by atoms with Crippen molar-refractivity contribution in [3.63, 3.8) is 0 Å². The van der Waals surface area contributed by atoms with Crippen molar-refractivity contribution in [1.82, 2.24) is 0 Å². The molecule has 4 nitrogen and oxygen atoms in total. The van der Waals surface area contributed by atoms with Crippen LogP contribution in [0.15, 0.2) is 76.5 Å². The van der Waals surface area contributed by atoms with Crippen LogP contribution in [-0.4, -0.2) is 26.5 Å². The maximum atomic E-state index is 10.9. The summed E-state index contributed by atoms with van der Waals surface area (Å²) >= 11 is 1.79. The second kappa shape index (κ2) is 7.76. The summed E-state index contributed by atoms with van der Waals surface area (Å²) in [5.41, 5.74) is 2.94. The largest absolute Gasteiger partial charge is 0.493 e. The molecule has 1 aliphatic rings. The topological polar surface area (TPSA) is 38.8 Å². The van der Waals surface area contributed by atoms with Crippen molar-refractivity contribution in [2.24, 2.45) is 0 Å². The Kier molecular flexibility index (Phi) is 5.03. The number of ether oxygens (including phenoxy) is 2. The molecule has 0 aliphatic carbocycles. The first-order valence-electron chi connectivity index (χ1n) is 8.69. The molecule has 0 atom stereocenters. The number of hydrogen-bond donors (Lipinski definition) is 0. The summed E-state index contributed by atoms with van der Waals surface area (Å²) in [7, 11) is 1.57. The first kappa shape index (κ1) is 17.5.